The predicted octanol–water partition coefficient (Wildman–Crippen LogP) is 6.20. The zero-order valence-corrected chi connectivity index (χ0v) is 19.2. The Morgan fingerprint density at radius 2 is 1.91 bits per heavy atom. The van der Waals surface area contributed by atoms with E-state index in [1.807, 2.05) is 18.5 Å². The topological polar surface area (TPSA) is 47.2 Å². The van der Waals surface area contributed by atoms with E-state index in [0.29, 0.717) is 5.92 Å². The van der Waals surface area contributed by atoms with Crippen LogP contribution in [0.15, 0.2) is 67.4 Å². The van der Waals surface area contributed by atoms with E-state index in [1.54, 1.807) is 6.20 Å². The third-order valence-electron chi connectivity index (χ3n) is 6.48. The quantitative estimate of drug-likeness (QED) is 0.327. The maximum Gasteiger partial charge on any atom is 0.160 e. The summed E-state index contributed by atoms with van der Waals surface area (Å²) in [5.74, 6) is 0.0234. The number of rotatable bonds is 7. The second kappa shape index (κ2) is 8.70. The highest BCUT2D eigenvalue weighted by Gasteiger charge is 2.15. The van der Waals surface area contributed by atoms with Crippen molar-refractivity contribution in [2.45, 2.75) is 32.6 Å². The third-order valence-corrected chi connectivity index (χ3v) is 6.48. The van der Waals surface area contributed by atoms with E-state index in [4.69, 9.17) is 4.98 Å². The first-order valence-corrected chi connectivity index (χ1v) is 11.4. The number of benzene rings is 1. The third kappa shape index (κ3) is 3.97. The Morgan fingerprint density at radius 1 is 1.06 bits per heavy atom. The smallest absolute Gasteiger partial charge is 0.160 e. The fraction of sp³-hybridized carbons (Fsp3) is 0.259. The van der Waals surface area contributed by atoms with Crippen molar-refractivity contribution in [3.8, 4) is 11.1 Å². The molecule has 0 aliphatic rings. The van der Waals surface area contributed by atoms with Crippen molar-refractivity contribution < 1.29 is 4.39 Å². The Balaban J connectivity index is 1.50. The molecule has 4 aromatic heterocycles. The summed E-state index contributed by atoms with van der Waals surface area (Å²) in [5.41, 5.74) is 7.17. The van der Waals surface area contributed by atoms with Crippen molar-refractivity contribution in [2.24, 2.45) is 7.05 Å². The number of aryl methyl sites for hydroxylation is 1. The highest BCUT2D eigenvalue weighted by atomic mass is 19.1. The molecule has 1 atom stereocenters. The van der Waals surface area contributed by atoms with E-state index in [0.717, 1.165) is 47.5 Å². The summed E-state index contributed by atoms with van der Waals surface area (Å²) in [6.45, 7) is 5.14. The number of nitrogens with zero attached hydrogens (tertiary/aromatic N) is 4. The molecule has 0 aliphatic heterocycles. The zero-order valence-electron chi connectivity index (χ0n) is 19.2. The normalized spacial score (nSPS) is 12.5. The first-order chi connectivity index (χ1) is 16.0. The minimum Gasteiger partial charge on any atom is -0.382 e. The monoisotopic (exact) mass is 441 g/mol. The molecular formula is C27H28FN5. The van der Waals surface area contributed by atoms with Crippen molar-refractivity contribution in [3.05, 3.63) is 84.5 Å². The molecule has 0 amide bonds. The van der Waals surface area contributed by atoms with Crippen LogP contribution in [0.1, 0.15) is 37.4 Å². The van der Waals surface area contributed by atoms with Crippen LogP contribution in [0.5, 0.6) is 0 Å². The lowest BCUT2D eigenvalue weighted by molar-refractivity contribution is 0.622. The Labute approximate surface area is 192 Å². The van der Waals surface area contributed by atoms with Gasteiger partial charge in [-0.2, -0.15) is 0 Å². The van der Waals surface area contributed by atoms with Gasteiger partial charge in [0.2, 0.25) is 0 Å². The number of pyridine rings is 2. The van der Waals surface area contributed by atoms with Crippen LogP contribution in [0.2, 0.25) is 0 Å². The number of imidazole rings is 1. The predicted molar refractivity (Wildman–Crippen MR) is 132 cm³/mol. The molecule has 5 nitrogen and oxygen atoms in total. The molecule has 1 unspecified atom stereocenters. The average Bonchev–Trinajstić information content (AvgIpc) is 3.40. The molecular weight excluding hydrogens is 413 g/mol. The lowest BCUT2D eigenvalue weighted by Crippen LogP contribution is -2.07. The van der Waals surface area contributed by atoms with Gasteiger partial charge in [-0.05, 0) is 42.5 Å². The van der Waals surface area contributed by atoms with Crippen LogP contribution in [0.4, 0.5) is 10.1 Å². The Morgan fingerprint density at radius 3 is 2.73 bits per heavy atom. The Bertz CT molecular complexity index is 1430. The van der Waals surface area contributed by atoms with Gasteiger partial charge in [-0.3, -0.25) is 4.98 Å². The molecule has 0 radical (unpaired) electrons. The summed E-state index contributed by atoms with van der Waals surface area (Å²) in [6.07, 6.45) is 11.0. The molecule has 5 aromatic rings. The lowest BCUT2D eigenvalue weighted by Gasteiger charge is -2.14. The van der Waals surface area contributed by atoms with Gasteiger partial charge in [0.05, 0.1) is 11.9 Å². The van der Waals surface area contributed by atoms with Gasteiger partial charge in [-0.1, -0.05) is 32.0 Å². The van der Waals surface area contributed by atoms with Gasteiger partial charge in [0, 0.05) is 66.1 Å². The maximum absolute atomic E-state index is 13.9. The molecule has 0 aliphatic carbocycles. The molecule has 5 rings (SSSR count). The van der Waals surface area contributed by atoms with E-state index in [1.165, 1.54) is 28.7 Å². The van der Waals surface area contributed by atoms with Crippen molar-refractivity contribution in [1.29, 1.82) is 0 Å². The summed E-state index contributed by atoms with van der Waals surface area (Å²) < 4.78 is 18.2. The number of halogens is 1. The van der Waals surface area contributed by atoms with Gasteiger partial charge in [-0.25, -0.2) is 9.37 Å². The number of fused-ring (bicyclic) bond motifs is 2. The van der Waals surface area contributed by atoms with E-state index in [-0.39, 0.29) is 5.82 Å². The van der Waals surface area contributed by atoms with Gasteiger partial charge < -0.3 is 14.3 Å². The molecule has 168 valence electrons. The second-order valence-corrected chi connectivity index (χ2v) is 8.68. The second-order valence-electron chi connectivity index (χ2n) is 8.68. The fourth-order valence-corrected chi connectivity index (χ4v) is 4.49. The summed E-state index contributed by atoms with van der Waals surface area (Å²) in [7, 11) is 2.08. The molecule has 33 heavy (non-hydrogen) atoms. The fourth-order valence-electron chi connectivity index (χ4n) is 4.49. The van der Waals surface area contributed by atoms with Gasteiger partial charge in [0.15, 0.2) is 5.65 Å². The zero-order chi connectivity index (χ0) is 22.9. The van der Waals surface area contributed by atoms with Gasteiger partial charge in [0.25, 0.3) is 0 Å². The highest BCUT2D eigenvalue weighted by Crippen LogP contribution is 2.30. The van der Waals surface area contributed by atoms with Gasteiger partial charge >= 0.3 is 0 Å². The molecule has 0 bridgehead atoms. The minimum absolute atomic E-state index is 0.342. The molecule has 1 aromatic carbocycles. The molecule has 0 fully saturated rings. The summed E-state index contributed by atoms with van der Waals surface area (Å²) in [6, 6.07) is 12.0. The number of hydrogen-bond donors (Lipinski definition) is 1. The van der Waals surface area contributed by atoms with Gasteiger partial charge in [-0.15, -0.1) is 0 Å². The standard InChI is InChI=1S/C27H28FN5/c1-4-18(2)26-15-31-27-24(12-21(17-33(26)27)20-11-22(28)14-29-13-20)30-10-9-19-16-32(3)25-8-6-5-7-23(19)25/h5-8,11-18,30H,4,9-10H2,1-3H3. The number of nitrogens with one attached hydrogen (secondary N) is 1. The van der Waals surface area contributed by atoms with Crippen LogP contribution < -0.4 is 5.32 Å². The van der Waals surface area contributed by atoms with Crippen molar-refractivity contribution in [2.75, 3.05) is 11.9 Å². The van der Waals surface area contributed by atoms with Crippen molar-refractivity contribution >= 4 is 22.2 Å². The van der Waals surface area contributed by atoms with Crippen LogP contribution >= 0.6 is 0 Å². The first-order valence-electron chi connectivity index (χ1n) is 11.4. The minimum atomic E-state index is -0.342. The molecule has 0 saturated carbocycles. The van der Waals surface area contributed by atoms with Crippen LogP contribution in [-0.4, -0.2) is 25.5 Å². The van der Waals surface area contributed by atoms with Crippen molar-refractivity contribution in [1.82, 2.24) is 18.9 Å². The SMILES string of the molecule is CCC(C)c1cnc2c(NCCc3cn(C)c4ccccc34)cc(-c3cncc(F)c3)cn12. The molecule has 6 heteroatoms. The number of hydrogen-bond acceptors (Lipinski definition) is 3. The van der Waals surface area contributed by atoms with Crippen molar-refractivity contribution in [3.63, 3.8) is 0 Å². The summed E-state index contributed by atoms with van der Waals surface area (Å²) in [5, 5.41) is 4.88. The van der Waals surface area contributed by atoms with Crippen LogP contribution in [0, 0.1) is 5.82 Å². The number of para-hydroxylation sites is 1. The Hall–Kier alpha value is -3.67. The van der Waals surface area contributed by atoms with Crippen LogP contribution in [-0.2, 0) is 13.5 Å². The molecule has 4 heterocycles. The molecule has 1 N–H and O–H groups in total. The first kappa shape index (κ1) is 21.2. The lowest BCUT2D eigenvalue weighted by atomic mass is 10.1. The number of anilines is 1. The average molecular weight is 442 g/mol. The van der Waals surface area contributed by atoms with Gasteiger partial charge in [0.1, 0.15) is 5.82 Å². The van der Waals surface area contributed by atoms with Crippen LogP contribution in [0.25, 0.3) is 27.7 Å². The van der Waals surface area contributed by atoms with E-state index < -0.39 is 0 Å². The van der Waals surface area contributed by atoms with E-state index >= 15 is 0 Å². The largest absolute Gasteiger partial charge is 0.382 e. The molecule has 0 spiro atoms. The van der Waals surface area contributed by atoms with Crippen LogP contribution in [0.3, 0.4) is 0 Å². The van der Waals surface area contributed by atoms with E-state index in [2.05, 4.69) is 70.6 Å². The maximum atomic E-state index is 13.9. The highest BCUT2D eigenvalue weighted by molar-refractivity contribution is 5.84. The Kier molecular flexibility index (Phi) is 5.58. The number of aromatic nitrogens is 4. The summed E-state index contributed by atoms with van der Waals surface area (Å²) in [4.78, 5) is 8.77. The molecule has 0 saturated heterocycles. The van der Waals surface area contributed by atoms with E-state index in [9.17, 15) is 4.39 Å². The summed E-state index contributed by atoms with van der Waals surface area (Å²) >= 11 is 0.